The van der Waals surface area contributed by atoms with Gasteiger partial charge >= 0.3 is 0 Å². The number of aliphatic hydroxyl groups excluding tert-OH is 1. The van der Waals surface area contributed by atoms with Crippen molar-refractivity contribution in [2.45, 2.75) is 4.90 Å². The summed E-state index contributed by atoms with van der Waals surface area (Å²) in [5.74, 6) is -0.699. The lowest BCUT2D eigenvalue weighted by atomic mass is 10.3. The summed E-state index contributed by atoms with van der Waals surface area (Å²) < 4.78 is 39.7. The highest BCUT2D eigenvalue weighted by Gasteiger charge is 2.27. The van der Waals surface area contributed by atoms with Gasteiger partial charge in [-0.15, -0.1) is 0 Å². The largest absolute Gasteiger partial charge is 0.394 e. The first-order valence-electron chi connectivity index (χ1n) is 6.10. The maximum absolute atomic E-state index is 13.3. The molecular formula is C14H13ClFNO3S. The van der Waals surface area contributed by atoms with Crippen molar-refractivity contribution in [3.8, 4) is 0 Å². The number of hydrogen-bond donors (Lipinski definition) is 1. The number of sulfonamides is 1. The minimum Gasteiger partial charge on any atom is -0.394 e. The summed E-state index contributed by atoms with van der Waals surface area (Å²) in [6.45, 7) is -0.528. The van der Waals surface area contributed by atoms with Crippen molar-refractivity contribution in [2.75, 3.05) is 17.5 Å². The molecule has 21 heavy (non-hydrogen) atoms. The molecule has 7 heteroatoms. The van der Waals surface area contributed by atoms with E-state index in [1.165, 1.54) is 6.07 Å². The van der Waals surface area contributed by atoms with Gasteiger partial charge in [-0.2, -0.15) is 0 Å². The van der Waals surface area contributed by atoms with E-state index in [1.807, 2.05) is 0 Å². The lowest BCUT2D eigenvalue weighted by Gasteiger charge is -2.24. The first-order valence-corrected chi connectivity index (χ1v) is 7.92. The molecule has 0 heterocycles. The van der Waals surface area contributed by atoms with Crippen LogP contribution >= 0.6 is 11.6 Å². The standard InChI is InChI=1S/C14H13ClFNO3S/c15-13-7-6-11(16)10-14(13)21(19,20)17(8-9-18)12-4-2-1-3-5-12/h1-7,10,18H,8-9H2. The highest BCUT2D eigenvalue weighted by molar-refractivity contribution is 7.93. The zero-order chi connectivity index (χ0) is 15.5. The van der Waals surface area contributed by atoms with Crippen LogP contribution in [0.15, 0.2) is 53.4 Å². The number of hydrogen-bond acceptors (Lipinski definition) is 3. The molecule has 4 nitrogen and oxygen atoms in total. The third kappa shape index (κ3) is 3.34. The van der Waals surface area contributed by atoms with E-state index < -0.39 is 15.8 Å². The van der Waals surface area contributed by atoms with Gasteiger partial charge in [-0.25, -0.2) is 12.8 Å². The molecule has 1 N–H and O–H groups in total. The monoisotopic (exact) mass is 329 g/mol. The number of benzene rings is 2. The Hall–Kier alpha value is -1.63. The molecular weight excluding hydrogens is 317 g/mol. The molecule has 2 rings (SSSR count). The van der Waals surface area contributed by atoms with Gasteiger partial charge in [0, 0.05) is 0 Å². The van der Waals surface area contributed by atoms with Crippen LogP contribution in [0.4, 0.5) is 10.1 Å². The Balaban J connectivity index is 2.55. The average molecular weight is 330 g/mol. The quantitative estimate of drug-likeness (QED) is 0.917. The predicted octanol–water partition coefficient (Wildman–Crippen LogP) is 2.67. The summed E-state index contributed by atoms with van der Waals surface area (Å²) >= 11 is 5.88. The fourth-order valence-electron chi connectivity index (χ4n) is 1.87. The van der Waals surface area contributed by atoms with Crippen molar-refractivity contribution in [1.82, 2.24) is 0 Å². The molecule has 0 saturated carbocycles. The van der Waals surface area contributed by atoms with Gasteiger partial charge in [0.15, 0.2) is 0 Å². The summed E-state index contributed by atoms with van der Waals surface area (Å²) in [6, 6.07) is 11.4. The Kier molecular flexibility index (Phi) is 4.82. The van der Waals surface area contributed by atoms with E-state index >= 15 is 0 Å². The molecule has 2 aromatic carbocycles. The molecule has 0 bridgehead atoms. The molecule has 0 radical (unpaired) electrons. The van der Waals surface area contributed by atoms with E-state index in [1.54, 1.807) is 30.3 Å². The molecule has 0 aliphatic heterocycles. The van der Waals surface area contributed by atoms with Gasteiger partial charge < -0.3 is 5.11 Å². The summed E-state index contributed by atoms with van der Waals surface area (Å²) in [5, 5.41) is 9.05. The number of aliphatic hydroxyl groups is 1. The van der Waals surface area contributed by atoms with E-state index in [2.05, 4.69) is 0 Å². The first kappa shape index (κ1) is 15.8. The third-order valence-electron chi connectivity index (χ3n) is 2.81. The molecule has 0 spiro atoms. The van der Waals surface area contributed by atoms with Crippen LogP contribution in [-0.4, -0.2) is 26.7 Å². The fourth-order valence-corrected chi connectivity index (χ4v) is 3.81. The average Bonchev–Trinajstić information content (AvgIpc) is 2.48. The number of para-hydroxylation sites is 1. The molecule has 0 aromatic heterocycles. The highest BCUT2D eigenvalue weighted by atomic mass is 35.5. The molecule has 0 unspecified atom stereocenters. The van der Waals surface area contributed by atoms with Gasteiger partial charge in [-0.3, -0.25) is 4.31 Å². The van der Waals surface area contributed by atoms with Gasteiger partial charge in [-0.1, -0.05) is 29.8 Å². The molecule has 0 saturated heterocycles. The van der Waals surface area contributed by atoms with E-state index in [9.17, 15) is 12.8 Å². The molecule has 112 valence electrons. The van der Waals surface area contributed by atoms with Crippen molar-refractivity contribution in [1.29, 1.82) is 0 Å². The predicted molar refractivity (Wildman–Crippen MR) is 79.5 cm³/mol. The second-order valence-electron chi connectivity index (χ2n) is 4.21. The van der Waals surface area contributed by atoms with E-state index in [-0.39, 0.29) is 23.1 Å². The second kappa shape index (κ2) is 6.43. The SMILES string of the molecule is O=S(=O)(c1cc(F)ccc1Cl)N(CCO)c1ccccc1. The Morgan fingerprint density at radius 1 is 1.14 bits per heavy atom. The molecule has 0 amide bonds. The van der Waals surface area contributed by atoms with Gasteiger partial charge in [0.2, 0.25) is 0 Å². The van der Waals surface area contributed by atoms with Gasteiger partial charge in [0.25, 0.3) is 10.0 Å². The van der Waals surface area contributed by atoms with Gasteiger partial charge in [0.05, 0.1) is 23.9 Å². The Bertz CT molecular complexity index is 722. The zero-order valence-corrected chi connectivity index (χ0v) is 12.5. The molecule has 0 atom stereocenters. The van der Waals surface area contributed by atoms with Crippen LogP contribution in [0.2, 0.25) is 5.02 Å². The first-order chi connectivity index (χ1) is 9.96. The Morgan fingerprint density at radius 3 is 2.43 bits per heavy atom. The highest BCUT2D eigenvalue weighted by Crippen LogP contribution is 2.28. The summed E-state index contributed by atoms with van der Waals surface area (Å²) in [5.41, 5.74) is 0.367. The van der Waals surface area contributed by atoms with Crippen molar-refractivity contribution in [3.05, 3.63) is 59.4 Å². The van der Waals surface area contributed by atoms with Gasteiger partial charge in [0.1, 0.15) is 10.7 Å². The van der Waals surface area contributed by atoms with Crippen LogP contribution in [0.5, 0.6) is 0 Å². The number of nitrogens with zero attached hydrogens (tertiary/aromatic N) is 1. The lowest BCUT2D eigenvalue weighted by molar-refractivity contribution is 0.306. The normalized spacial score (nSPS) is 11.4. The van der Waals surface area contributed by atoms with E-state index in [4.69, 9.17) is 16.7 Å². The van der Waals surface area contributed by atoms with Crippen LogP contribution in [0, 0.1) is 5.82 Å². The molecule has 2 aromatic rings. The maximum atomic E-state index is 13.3. The number of rotatable bonds is 5. The maximum Gasteiger partial charge on any atom is 0.265 e. The molecule has 0 fully saturated rings. The number of anilines is 1. The minimum atomic E-state index is -4.07. The van der Waals surface area contributed by atoms with Crippen molar-refractivity contribution in [3.63, 3.8) is 0 Å². The van der Waals surface area contributed by atoms with Crippen LogP contribution in [0.1, 0.15) is 0 Å². The minimum absolute atomic E-state index is 0.0738. The summed E-state index contributed by atoms with van der Waals surface area (Å²) in [7, 11) is -4.07. The lowest BCUT2D eigenvalue weighted by Crippen LogP contribution is -2.33. The smallest absolute Gasteiger partial charge is 0.265 e. The number of halogens is 2. The molecule has 0 aliphatic rings. The van der Waals surface area contributed by atoms with Crippen molar-refractivity contribution >= 4 is 27.3 Å². The van der Waals surface area contributed by atoms with Crippen molar-refractivity contribution in [2.24, 2.45) is 0 Å². The van der Waals surface area contributed by atoms with Crippen LogP contribution in [0.3, 0.4) is 0 Å². The Labute approximate surface area is 127 Å². The third-order valence-corrected chi connectivity index (χ3v) is 5.12. The molecule has 0 aliphatic carbocycles. The summed E-state index contributed by atoms with van der Waals surface area (Å²) in [6.07, 6.45) is 0. The fraction of sp³-hybridized carbons (Fsp3) is 0.143. The zero-order valence-electron chi connectivity index (χ0n) is 10.9. The Morgan fingerprint density at radius 2 is 1.81 bits per heavy atom. The van der Waals surface area contributed by atoms with Crippen LogP contribution in [-0.2, 0) is 10.0 Å². The van der Waals surface area contributed by atoms with E-state index in [0.717, 1.165) is 16.4 Å². The second-order valence-corrected chi connectivity index (χ2v) is 6.45. The van der Waals surface area contributed by atoms with Crippen LogP contribution in [0.25, 0.3) is 0 Å². The van der Waals surface area contributed by atoms with E-state index in [0.29, 0.717) is 5.69 Å². The van der Waals surface area contributed by atoms with Crippen molar-refractivity contribution < 1.29 is 17.9 Å². The summed E-state index contributed by atoms with van der Waals surface area (Å²) in [4.78, 5) is -0.332. The van der Waals surface area contributed by atoms with Crippen LogP contribution < -0.4 is 4.31 Å². The van der Waals surface area contributed by atoms with Gasteiger partial charge in [-0.05, 0) is 30.3 Å². The topological polar surface area (TPSA) is 57.6 Å².